The summed E-state index contributed by atoms with van der Waals surface area (Å²) in [5.74, 6) is -0.0589. The molecule has 0 radical (unpaired) electrons. The average molecular weight is 392 g/mol. The number of rotatable bonds is 6. The molecule has 0 saturated carbocycles. The molecule has 1 amide bonds. The summed E-state index contributed by atoms with van der Waals surface area (Å²) in [5, 5.41) is 2.78. The summed E-state index contributed by atoms with van der Waals surface area (Å²) in [6.45, 7) is 0.182. The number of carbonyl (C=O) groups excluding carboxylic acids is 1. The Balaban J connectivity index is 1.35. The number of aromatic nitrogens is 1. The number of hydrogen-bond donors (Lipinski definition) is 1. The Bertz CT molecular complexity index is 1190. The van der Waals surface area contributed by atoms with Gasteiger partial charge in [-0.25, -0.2) is 9.18 Å². The molecule has 4 rings (SSSR count). The van der Waals surface area contributed by atoms with Crippen molar-refractivity contribution in [2.45, 2.75) is 13.1 Å². The Morgan fingerprint density at radius 3 is 2.34 bits per heavy atom. The zero-order valence-electron chi connectivity index (χ0n) is 15.3. The van der Waals surface area contributed by atoms with Crippen LogP contribution in [0.2, 0.25) is 0 Å². The van der Waals surface area contributed by atoms with Crippen LogP contribution in [0.15, 0.2) is 82.0 Å². The van der Waals surface area contributed by atoms with Crippen LogP contribution in [0.5, 0.6) is 11.5 Å². The summed E-state index contributed by atoms with van der Waals surface area (Å²) in [5.41, 5.74) is 1.89. The number of nitrogens with one attached hydrogen (secondary N) is 1. The van der Waals surface area contributed by atoms with Crippen molar-refractivity contribution in [3.8, 4) is 11.5 Å². The lowest BCUT2D eigenvalue weighted by Crippen LogP contribution is -2.30. The maximum atomic E-state index is 12.9. The molecule has 29 heavy (non-hydrogen) atoms. The van der Waals surface area contributed by atoms with Crippen LogP contribution in [0.1, 0.15) is 5.56 Å². The second-order valence-electron chi connectivity index (χ2n) is 6.40. The largest absolute Gasteiger partial charge is 0.457 e. The summed E-state index contributed by atoms with van der Waals surface area (Å²) in [6.07, 6.45) is 0. The SMILES string of the molecule is O=C(Cn1c(=O)oc2ccccc21)NCc1ccc(Oc2ccc(F)cc2)cc1. The van der Waals surface area contributed by atoms with Gasteiger partial charge in [-0.05, 0) is 54.1 Å². The standard InChI is InChI=1S/C22H17FN2O4/c23-16-7-11-18(12-8-16)28-17-9-5-15(6-10-17)13-24-21(26)14-25-19-3-1-2-4-20(19)29-22(25)27/h1-12H,13-14H2,(H,24,26). The van der Waals surface area contributed by atoms with Crippen LogP contribution < -0.4 is 15.8 Å². The molecule has 0 aliphatic heterocycles. The number of amides is 1. The van der Waals surface area contributed by atoms with Gasteiger partial charge < -0.3 is 14.5 Å². The van der Waals surface area contributed by atoms with E-state index in [1.165, 1.54) is 16.7 Å². The maximum Gasteiger partial charge on any atom is 0.420 e. The number of fused-ring (bicyclic) bond motifs is 1. The van der Waals surface area contributed by atoms with Crippen molar-refractivity contribution in [3.05, 3.63) is 94.7 Å². The predicted octanol–water partition coefficient (Wildman–Crippen LogP) is 3.84. The lowest BCUT2D eigenvalue weighted by atomic mass is 10.2. The molecule has 1 heterocycles. The van der Waals surface area contributed by atoms with E-state index in [0.29, 0.717) is 29.1 Å². The van der Waals surface area contributed by atoms with E-state index in [4.69, 9.17) is 9.15 Å². The van der Waals surface area contributed by atoms with Gasteiger partial charge in [-0.2, -0.15) is 0 Å². The Morgan fingerprint density at radius 1 is 0.966 bits per heavy atom. The Hall–Kier alpha value is -3.87. The molecule has 146 valence electrons. The van der Waals surface area contributed by atoms with Crippen LogP contribution in [-0.4, -0.2) is 10.5 Å². The number of halogens is 1. The summed E-state index contributed by atoms with van der Waals surface area (Å²) < 4.78 is 25.0. The zero-order chi connectivity index (χ0) is 20.2. The Labute approximate surface area is 165 Å². The number of hydrogen-bond acceptors (Lipinski definition) is 4. The highest BCUT2D eigenvalue weighted by Crippen LogP contribution is 2.21. The first-order chi connectivity index (χ1) is 14.1. The van der Waals surface area contributed by atoms with Gasteiger partial charge >= 0.3 is 5.76 Å². The van der Waals surface area contributed by atoms with Crippen molar-refractivity contribution < 1.29 is 18.3 Å². The zero-order valence-corrected chi connectivity index (χ0v) is 15.3. The first-order valence-corrected chi connectivity index (χ1v) is 8.96. The number of benzene rings is 3. The molecule has 0 fully saturated rings. The van der Waals surface area contributed by atoms with E-state index in [0.717, 1.165) is 5.56 Å². The first-order valence-electron chi connectivity index (χ1n) is 8.96. The number of para-hydroxylation sites is 2. The highest BCUT2D eigenvalue weighted by molar-refractivity contribution is 5.79. The van der Waals surface area contributed by atoms with Gasteiger partial charge in [-0.3, -0.25) is 9.36 Å². The monoisotopic (exact) mass is 392 g/mol. The number of nitrogens with zero attached hydrogens (tertiary/aromatic N) is 1. The molecule has 4 aromatic rings. The lowest BCUT2D eigenvalue weighted by Gasteiger charge is -2.08. The van der Waals surface area contributed by atoms with Gasteiger partial charge in [0, 0.05) is 6.54 Å². The van der Waals surface area contributed by atoms with Gasteiger partial charge in [0.2, 0.25) is 5.91 Å². The molecule has 0 unspecified atom stereocenters. The third kappa shape index (κ3) is 4.35. The van der Waals surface area contributed by atoms with Gasteiger partial charge in [0.05, 0.1) is 5.52 Å². The predicted molar refractivity (Wildman–Crippen MR) is 105 cm³/mol. The average Bonchev–Trinajstić information content (AvgIpc) is 3.04. The van der Waals surface area contributed by atoms with Crippen LogP contribution in [0.25, 0.3) is 11.1 Å². The van der Waals surface area contributed by atoms with E-state index in [1.807, 2.05) is 12.1 Å². The van der Waals surface area contributed by atoms with Crippen LogP contribution >= 0.6 is 0 Å². The minimum Gasteiger partial charge on any atom is -0.457 e. The van der Waals surface area contributed by atoms with Crippen LogP contribution in [0.3, 0.4) is 0 Å². The Kier molecular flexibility index (Phi) is 5.11. The quantitative estimate of drug-likeness (QED) is 0.541. The summed E-state index contributed by atoms with van der Waals surface area (Å²) in [7, 11) is 0. The van der Waals surface area contributed by atoms with Gasteiger partial charge in [0.1, 0.15) is 23.9 Å². The van der Waals surface area contributed by atoms with Crippen molar-refractivity contribution in [2.24, 2.45) is 0 Å². The van der Waals surface area contributed by atoms with Crippen molar-refractivity contribution >= 4 is 17.0 Å². The first kappa shape index (κ1) is 18.5. The van der Waals surface area contributed by atoms with Crippen molar-refractivity contribution in [1.29, 1.82) is 0 Å². The fourth-order valence-electron chi connectivity index (χ4n) is 2.88. The highest BCUT2D eigenvalue weighted by Gasteiger charge is 2.12. The number of oxazole rings is 1. The smallest absolute Gasteiger partial charge is 0.420 e. The molecule has 1 aromatic heterocycles. The minimum absolute atomic E-state index is 0.123. The molecule has 0 saturated heterocycles. The van der Waals surface area contributed by atoms with Crippen molar-refractivity contribution in [3.63, 3.8) is 0 Å². The molecule has 0 aliphatic rings. The molecular formula is C22H17FN2O4. The topological polar surface area (TPSA) is 73.5 Å². The summed E-state index contributed by atoms with van der Waals surface area (Å²) >= 11 is 0. The lowest BCUT2D eigenvalue weighted by molar-refractivity contribution is -0.121. The summed E-state index contributed by atoms with van der Waals surface area (Å²) in [4.78, 5) is 24.2. The molecular weight excluding hydrogens is 375 g/mol. The molecule has 7 heteroatoms. The van der Waals surface area contributed by atoms with E-state index >= 15 is 0 Å². The van der Waals surface area contributed by atoms with E-state index in [-0.39, 0.29) is 18.3 Å². The second kappa shape index (κ2) is 8.02. The van der Waals surface area contributed by atoms with Crippen molar-refractivity contribution in [2.75, 3.05) is 0 Å². The molecule has 1 N–H and O–H groups in total. The van der Waals surface area contributed by atoms with Gasteiger partial charge in [0.25, 0.3) is 0 Å². The number of ether oxygens (including phenoxy) is 1. The third-order valence-electron chi connectivity index (χ3n) is 4.34. The normalized spacial score (nSPS) is 10.8. The van der Waals surface area contributed by atoms with E-state index < -0.39 is 5.76 Å². The number of carbonyl (C=O) groups is 1. The third-order valence-corrected chi connectivity index (χ3v) is 4.34. The van der Waals surface area contributed by atoms with E-state index in [1.54, 1.807) is 48.5 Å². The Morgan fingerprint density at radius 2 is 1.62 bits per heavy atom. The summed E-state index contributed by atoms with van der Waals surface area (Å²) in [6, 6.07) is 19.9. The van der Waals surface area contributed by atoms with E-state index in [2.05, 4.69) is 5.32 Å². The molecule has 0 bridgehead atoms. The van der Waals surface area contributed by atoms with Crippen LogP contribution in [0.4, 0.5) is 4.39 Å². The fraction of sp³-hybridized carbons (Fsp3) is 0.0909. The van der Waals surface area contributed by atoms with Gasteiger partial charge in [-0.15, -0.1) is 0 Å². The minimum atomic E-state index is -0.566. The van der Waals surface area contributed by atoms with Gasteiger partial charge in [0.15, 0.2) is 5.58 Å². The van der Waals surface area contributed by atoms with Crippen LogP contribution in [-0.2, 0) is 17.9 Å². The molecule has 3 aromatic carbocycles. The fourth-order valence-corrected chi connectivity index (χ4v) is 2.88. The maximum absolute atomic E-state index is 12.9. The molecule has 0 atom stereocenters. The molecule has 0 spiro atoms. The van der Waals surface area contributed by atoms with Crippen LogP contribution in [0, 0.1) is 5.82 Å². The second-order valence-corrected chi connectivity index (χ2v) is 6.40. The van der Waals surface area contributed by atoms with Crippen molar-refractivity contribution in [1.82, 2.24) is 9.88 Å². The molecule has 0 aliphatic carbocycles. The molecule has 6 nitrogen and oxygen atoms in total. The highest BCUT2D eigenvalue weighted by atomic mass is 19.1. The van der Waals surface area contributed by atoms with E-state index in [9.17, 15) is 14.0 Å². The van der Waals surface area contributed by atoms with Gasteiger partial charge in [-0.1, -0.05) is 24.3 Å².